The predicted octanol–water partition coefficient (Wildman–Crippen LogP) is 13.0. The van der Waals surface area contributed by atoms with Crippen LogP contribution in [0.4, 0.5) is 0 Å². The molecule has 1 heterocycles. The van der Waals surface area contributed by atoms with Crippen molar-refractivity contribution in [3.8, 4) is 0 Å². The maximum Gasteiger partial charge on any atom is 0.261 e. The minimum atomic E-state index is -2.81. The van der Waals surface area contributed by atoms with Gasteiger partial charge in [-0.15, -0.1) is 6.58 Å². The fourth-order valence-electron chi connectivity index (χ4n) is 8.11. The Morgan fingerprint density at radius 2 is 1.08 bits per heavy atom. The summed E-state index contributed by atoms with van der Waals surface area (Å²) in [7, 11) is -6.91. The van der Waals surface area contributed by atoms with Crippen LogP contribution in [0, 0.1) is 0 Å². The van der Waals surface area contributed by atoms with Crippen LogP contribution < -0.4 is 10.4 Å². The largest absolute Gasteiger partial charge is 0.414 e. The van der Waals surface area contributed by atoms with Crippen LogP contribution in [0.15, 0.2) is 104 Å². The molecule has 1 aliphatic rings. The zero-order valence-corrected chi connectivity index (χ0v) is 42.4. The van der Waals surface area contributed by atoms with Gasteiger partial charge < -0.3 is 22.8 Å². The summed E-state index contributed by atoms with van der Waals surface area (Å²) in [5, 5.41) is 2.70. The van der Waals surface area contributed by atoms with Gasteiger partial charge in [-0.05, 0) is 109 Å². The van der Waals surface area contributed by atoms with Crippen molar-refractivity contribution < 1.29 is 22.8 Å². The van der Waals surface area contributed by atoms with Crippen LogP contribution in [0.3, 0.4) is 0 Å². The van der Waals surface area contributed by atoms with E-state index in [1.54, 1.807) is 0 Å². The molecule has 3 aromatic carbocycles. The van der Waals surface area contributed by atoms with Crippen LogP contribution in [0.2, 0.25) is 41.3 Å². The molecule has 0 N–H and O–H groups in total. The van der Waals surface area contributed by atoms with Crippen LogP contribution in [0.5, 0.6) is 0 Å². The van der Waals surface area contributed by atoms with Crippen molar-refractivity contribution in [3.63, 3.8) is 0 Å². The summed E-state index contributed by atoms with van der Waals surface area (Å²) < 4.78 is 35.8. The average Bonchev–Trinajstić information content (AvgIpc) is 3.15. The number of rotatable bonds is 21. The maximum atomic E-state index is 7.84. The quantitative estimate of drug-likeness (QED) is 0.0607. The molecule has 0 aliphatic carbocycles. The van der Waals surface area contributed by atoms with E-state index >= 15 is 0 Å². The van der Waals surface area contributed by atoms with E-state index in [-0.39, 0.29) is 45.6 Å². The highest BCUT2D eigenvalue weighted by Crippen LogP contribution is 2.42. The van der Waals surface area contributed by atoms with E-state index in [1.165, 1.54) is 15.9 Å². The zero-order valence-electron chi connectivity index (χ0n) is 39.4. The normalized spacial score (nSPS) is 18.9. The third kappa shape index (κ3) is 13.9. The molecule has 0 spiro atoms. The van der Waals surface area contributed by atoms with Gasteiger partial charge in [-0.25, -0.2) is 0 Å². The third-order valence-electron chi connectivity index (χ3n) is 13.4. The molecule has 0 saturated carbocycles. The van der Waals surface area contributed by atoms with E-state index in [1.807, 2.05) is 6.08 Å². The Bertz CT molecular complexity index is 1620. The first-order valence-electron chi connectivity index (χ1n) is 22.6. The van der Waals surface area contributed by atoms with Crippen molar-refractivity contribution in [1.29, 1.82) is 0 Å². The van der Waals surface area contributed by atoms with E-state index in [9.17, 15) is 0 Å². The molecule has 0 unspecified atom stereocenters. The van der Waals surface area contributed by atoms with Gasteiger partial charge in [-0.2, -0.15) is 0 Å². The predicted molar refractivity (Wildman–Crippen MR) is 259 cm³/mol. The SMILES string of the molecule is C=CC[C@@H](C[C@@H](C[C@H]1CCC[C@@H](C[C@H](CCOCc2ccccc2)O[Si](c2ccccc2)(c2ccccc2)C(C)(C)C)O1)O[Si](C)(C)C(C)(C)C)O[Si](C)(C)C(C)(C)C. The Balaban J connectivity index is 1.63. The Hall–Kier alpha value is -2.15. The van der Waals surface area contributed by atoms with Crippen molar-refractivity contribution in [2.45, 2.75) is 192 Å². The van der Waals surface area contributed by atoms with Gasteiger partial charge in [0.15, 0.2) is 16.6 Å². The van der Waals surface area contributed by atoms with Crippen molar-refractivity contribution in [2.75, 3.05) is 6.61 Å². The fourth-order valence-corrected chi connectivity index (χ4v) is 15.6. The second kappa shape index (κ2) is 21.3. The summed E-state index contributed by atoms with van der Waals surface area (Å²) >= 11 is 0. The zero-order chi connectivity index (χ0) is 43.5. The average molecular weight is 859 g/mol. The molecule has 328 valence electrons. The van der Waals surface area contributed by atoms with Crippen LogP contribution in [0.1, 0.15) is 119 Å². The summed E-state index contributed by atoms with van der Waals surface area (Å²) in [6.45, 7) is 35.9. The Morgan fingerprint density at radius 1 is 0.627 bits per heavy atom. The molecule has 0 radical (unpaired) electrons. The van der Waals surface area contributed by atoms with Gasteiger partial charge in [0.1, 0.15) is 0 Å². The molecule has 5 nitrogen and oxygen atoms in total. The summed E-state index contributed by atoms with van der Waals surface area (Å²) in [6.07, 6.45) is 9.70. The van der Waals surface area contributed by atoms with Crippen molar-refractivity contribution in [3.05, 3.63) is 109 Å². The van der Waals surface area contributed by atoms with Gasteiger partial charge in [-0.1, -0.05) is 159 Å². The van der Waals surface area contributed by atoms with E-state index in [0.29, 0.717) is 13.2 Å². The van der Waals surface area contributed by atoms with E-state index in [2.05, 4.69) is 186 Å². The monoisotopic (exact) mass is 859 g/mol. The first-order chi connectivity index (χ1) is 27.6. The first-order valence-corrected chi connectivity index (χ1v) is 30.3. The maximum absolute atomic E-state index is 7.84. The standard InChI is InChI=1S/C51H82O5Si3/c1-15-26-44(54-57(11,12)49(2,3)4)39-46(55-58(13,14)50(5,6)7)38-43-30-25-29-42(53-43)37-45(35-36-52-40-41-27-19-16-20-28-41)56-59(51(8,9)10,47-31-21-17-22-32-47)48-33-23-18-24-34-48/h15-24,27-28,31-34,42-46H,1,25-26,29-30,35-40H2,2-14H3/t42-,43+,44-,45-,46+/m0/s1. The molecular weight excluding hydrogens is 777 g/mol. The lowest BCUT2D eigenvalue weighted by molar-refractivity contribution is -0.0855. The second-order valence-corrected chi connectivity index (χ2v) is 35.0. The van der Waals surface area contributed by atoms with Crippen LogP contribution >= 0.6 is 0 Å². The second-order valence-electron chi connectivity index (χ2n) is 21.3. The van der Waals surface area contributed by atoms with E-state index in [0.717, 1.165) is 51.4 Å². The summed E-state index contributed by atoms with van der Waals surface area (Å²) in [6, 6.07) is 32.5. The number of hydrogen-bond acceptors (Lipinski definition) is 5. The molecule has 3 aromatic rings. The highest BCUT2D eigenvalue weighted by Gasteiger charge is 2.52. The summed E-state index contributed by atoms with van der Waals surface area (Å²) in [4.78, 5) is 0. The molecule has 1 saturated heterocycles. The van der Waals surface area contributed by atoms with Crippen LogP contribution in [-0.4, -0.2) is 62.1 Å². The lowest BCUT2D eigenvalue weighted by Gasteiger charge is -2.46. The van der Waals surface area contributed by atoms with Gasteiger partial charge in [0.25, 0.3) is 8.32 Å². The third-order valence-corrected chi connectivity index (χ3v) is 27.6. The highest BCUT2D eigenvalue weighted by atomic mass is 28.4. The lowest BCUT2D eigenvalue weighted by Crippen LogP contribution is -2.68. The Kier molecular flexibility index (Phi) is 17.9. The first kappa shape index (κ1) is 49.5. The molecule has 0 aromatic heterocycles. The summed E-state index contributed by atoms with van der Waals surface area (Å²) in [5.74, 6) is 0. The number of hydrogen-bond donors (Lipinski definition) is 0. The van der Waals surface area contributed by atoms with Crippen LogP contribution in [0.25, 0.3) is 0 Å². The molecule has 0 bridgehead atoms. The van der Waals surface area contributed by atoms with Crippen LogP contribution in [-0.2, 0) is 29.4 Å². The van der Waals surface area contributed by atoms with Gasteiger partial charge >= 0.3 is 0 Å². The number of ether oxygens (including phenoxy) is 2. The summed E-state index contributed by atoms with van der Waals surface area (Å²) in [5.41, 5.74) is 1.19. The van der Waals surface area contributed by atoms with Gasteiger partial charge in [0, 0.05) is 12.7 Å². The Morgan fingerprint density at radius 3 is 1.54 bits per heavy atom. The van der Waals surface area contributed by atoms with Crippen molar-refractivity contribution in [1.82, 2.24) is 0 Å². The molecule has 4 rings (SSSR count). The minimum Gasteiger partial charge on any atom is -0.414 e. The molecule has 8 heteroatoms. The molecule has 0 amide bonds. The Labute approximate surface area is 364 Å². The van der Waals surface area contributed by atoms with E-state index < -0.39 is 25.0 Å². The minimum absolute atomic E-state index is 0.0462. The molecule has 59 heavy (non-hydrogen) atoms. The molecular formula is C51H82O5Si3. The fraction of sp³-hybridized carbons (Fsp3) is 0.608. The highest BCUT2D eigenvalue weighted by molar-refractivity contribution is 6.99. The number of benzene rings is 3. The van der Waals surface area contributed by atoms with Gasteiger partial charge in [-0.3, -0.25) is 0 Å². The van der Waals surface area contributed by atoms with Crippen molar-refractivity contribution in [2.24, 2.45) is 0 Å². The topological polar surface area (TPSA) is 46.2 Å². The molecule has 1 fully saturated rings. The van der Waals surface area contributed by atoms with Crippen molar-refractivity contribution >= 4 is 35.3 Å². The van der Waals surface area contributed by atoms with E-state index in [4.69, 9.17) is 22.8 Å². The van der Waals surface area contributed by atoms with Gasteiger partial charge in [0.2, 0.25) is 0 Å². The van der Waals surface area contributed by atoms with Gasteiger partial charge in [0.05, 0.1) is 31.0 Å². The lowest BCUT2D eigenvalue weighted by atomic mass is 9.95. The smallest absolute Gasteiger partial charge is 0.261 e. The molecule has 1 aliphatic heterocycles. The molecule has 5 atom stereocenters.